The molecule has 0 aliphatic rings. The van der Waals surface area contributed by atoms with Gasteiger partial charge in [0.25, 0.3) is 0 Å². The van der Waals surface area contributed by atoms with E-state index in [9.17, 15) is 0 Å². The molecule has 0 saturated carbocycles. The third-order valence-electron chi connectivity index (χ3n) is 2.05. The molecule has 2 rings (SSSR count). The molecule has 2 aromatic carbocycles. The fourth-order valence-electron chi connectivity index (χ4n) is 1.35. The summed E-state index contributed by atoms with van der Waals surface area (Å²) < 4.78 is 0. The van der Waals surface area contributed by atoms with Crippen LogP contribution in [0.1, 0.15) is 0 Å². The molecule has 0 bridgehead atoms. The predicted octanol–water partition coefficient (Wildman–Crippen LogP) is 6.11. The molecule has 78 valence electrons. The average Bonchev–Trinajstić information content (AvgIpc) is 2.23. The van der Waals surface area contributed by atoms with Crippen LogP contribution in [-0.4, -0.2) is 0 Å². The van der Waals surface area contributed by atoms with Gasteiger partial charge in [-0.25, -0.2) is 0 Å². The van der Waals surface area contributed by atoms with Crippen LogP contribution in [0.2, 0.25) is 25.1 Å². The van der Waals surface area contributed by atoms with E-state index in [-0.39, 0.29) is 10.0 Å². The van der Waals surface area contributed by atoms with E-state index in [1.165, 1.54) is 0 Å². The van der Waals surface area contributed by atoms with Gasteiger partial charge in [0, 0.05) is 15.8 Å². The molecule has 0 aromatic heterocycles. The van der Waals surface area contributed by atoms with Crippen LogP contribution in [0, 0.1) is 0 Å². The number of halogens is 5. The van der Waals surface area contributed by atoms with Crippen molar-refractivity contribution in [2.24, 2.45) is 0 Å². The smallest absolute Gasteiger partial charge is 0.0800 e. The molecule has 0 saturated heterocycles. The van der Waals surface area contributed by atoms with Gasteiger partial charge in [-0.1, -0.05) is 70.1 Å². The number of fused-ring (bicyclic) bond motifs is 1. The van der Waals surface area contributed by atoms with Crippen molar-refractivity contribution < 1.29 is 0 Å². The maximum Gasteiger partial charge on any atom is 0.0800 e. The Morgan fingerprint density at radius 1 is 0.667 bits per heavy atom. The standard InChI is InChI=1S/C10H3Cl5/c11-5-3-1-2-4-6(5)8(13)10(15)9(14)7(4)12/h1-3H. The van der Waals surface area contributed by atoms with Crippen LogP contribution in [0.15, 0.2) is 18.2 Å². The summed E-state index contributed by atoms with van der Waals surface area (Å²) in [4.78, 5) is 0. The van der Waals surface area contributed by atoms with Crippen LogP contribution in [-0.2, 0) is 0 Å². The van der Waals surface area contributed by atoms with Crippen molar-refractivity contribution in [3.63, 3.8) is 0 Å². The third-order valence-corrected chi connectivity index (χ3v) is 4.18. The van der Waals surface area contributed by atoms with Gasteiger partial charge >= 0.3 is 0 Å². The van der Waals surface area contributed by atoms with E-state index in [2.05, 4.69) is 0 Å². The monoisotopic (exact) mass is 298 g/mol. The number of hydrogen-bond donors (Lipinski definition) is 0. The Bertz CT molecular complexity index is 547. The van der Waals surface area contributed by atoms with Crippen molar-refractivity contribution in [3.05, 3.63) is 43.3 Å². The maximum atomic E-state index is 6.05. The number of rotatable bonds is 0. The van der Waals surface area contributed by atoms with Crippen molar-refractivity contribution in [2.75, 3.05) is 0 Å². The summed E-state index contributed by atoms with van der Waals surface area (Å²) in [7, 11) is 0. The number of hydrogen-bond acceptors (Lipinski definition) is 0. The second kappa shape index (κ2) is 4.20. The highest BCUT2D eigenvalue weighted by Gasteiger charge is 2.16. The lowest BCUT2D eigenvalue weighted by Crippen LogP contribution is -1.82. The molecule has 2 aromatic rings. The summed E-state index contributed by atoms with van der Waals surface area (Å²) in [6.45, 7) is 0. The zero-order valence-electron chi connectivity index (χ0n) is 7.12. The molecular weight excluding hydrogens is 297 g/mol. The molecule has 5 heteroatoms. The first-order valence-corrected chi connectivity index (χ1v) is 5.83. The quantitative estimate of drug-likeness (QED) is 0.407. The fourth-order valence-corrected chi connectivity index (χ4v) is 2.70. The Hall–Kier alpha value is 0.150. The molecule has 0 amide bonds. The molecule has 0 unspecified atom stereocenters. The average molecular weight is 300 g/mol. The molecule has 0 nitrogen and oxygen atoms in total. The Labute approximate surface area is 112 Å². The SMILES string of the molecule is Clc1c(Cl)c(Cl)c2c(Cl)cccc2c1Cl. The molecule has 0 radical (unpaired) electrons. The van der Waals surface area contributed by atoms with Gasteiger partial charge in [-0.2, -0.15) is 0 Å². The van der Waals surface area contributed by atoms with E-state index in [0.717, 1.165) is 0 Å². The second-order valence-corrected chi connectivity index (χ2v) is 4.84. The minimum Gasteiger partial charge on any atom is -0.0836 e. The lowest BCUT2D eigenvalue weighted by atomic mass is 10.1. The molecule has 0 aliphatic heterocycles. The fraction of sp³-hybridized carbons (Fsp3) is 0. The van der Waals surface area contributed by atoms with Crippen LogP contribution >= 0.6 is 58.0 Å². The third kappa shape index (κ3) is 1.79. The minimum absolute atomic E-state index is 0.226. The van der Waals surface area contributed by atoms with Crippen LogP contribution < -0.4 is 0 Å². The largest absolute Gasteiger partial charge is 0.0836 e. The summed E-state index contributed by atoms with van der Waals surface area (Å²) in [5.41, 5.74) is 0. The first-order valence-electron chi connectivity index (χ1n) is 3.94. The van der Waals surface area contributed by atoms with Gasteiger partial charge in [0.05, 0.1) is 20.1 Å². The van der Waals surface area contributed by atoms with Crippen LogP contribution in [0.5, 0.6) is 0 Å². The first kappa shape index (κ1) is 11.6. The van der Waals surface area contributed by atoms with E-state index in [1.807, 2.05) is 0 Å². The van der Waals surface area contributed by atoms with Crippen LogP contribution in [0.4, 0.5) is 0 Å². The second-order valence-electron chi connectivity index (χ2n) is 2.92. The van der Waals surface area contributed by atoms with Gasteiger partial charge in [-0.05, 0) is 6.07 Å². The summed E-state index contributed by atoms with van der Waals surface area (Å²) >= 11 is 30.0. The minimum atomic E-state index is 0.226. The van der Waals surface area contributed by atoms with Crippen molar-refractivity contribution in [1.29, 1.82) is 0 Å². The zero-order chi connectivity index (χ0) is 11.2. The lowest BCUT2D eigenvalue weighted by Gasteiger charge is -2.09. The van der Waals surface area contributed by atoms with E-state index < -0.39 is 0 Å². The summed E-state index contributed by atoms with van der Waals surface area (Å²) in [5, 5.41) is 2.99. The van der Waals surface area contributed by atoms with Gasteiger partial charge in [0.2, 0.25) is 0 Å². The Morgan fingerprint density at radius 2 is 1.27 bits per heavy atom. The molecule has 0 fully saturated rings. The Kier molecular flexibility index (Phi) is 3.25. The van der Waals surface area contributed by atoms with E-state index in [1.54, 1.807) is 18.2 Å². The predicted molar refractivity (Wildman–Crippen MR) is 69.0 cm³/mol. The van der Waals surface area contributed by atoms with E-state index >= 15 is 0 Å². The van der Waals surface area contributed by atoms with Gasteiger partial charge in [-0.3, -0.25) is 0 Å². The summed E-state index contributed by atoms with van der Waals surface area (Å²) in [5.74, 6) is 0. The molecule has 0 atom stereocenters. The van der Waals surface area contributed by atoms with Crippen molar-refractivity contribution in [2.45, 2.75) is 0 Å². The molecule has 0 N–H and O–H groups in total. The van der Waals surface area contributed by atoms with Gasteiger partial charge < -0.3 is 0 Å². The molecule has 0 heterocycles. The maximum absolute atomic E-state index is 6.05. The van der Waals surface area contributed by atoms with Crippen molar-refractivity contribution in [3.8, 4) is 0 Å². The van der Waals surface area contributed by atoms with E-state index in [4.69, 9.17) is 58.0 Å². The summed E-state index contributed by atoms with van der Waals surface area (Å²) in [6, 6.07) is 5.28. The Morgan fingerprint density at radius 3 is 1.93 bits per heavy atom. The lowest BCUT2D eigenvalue weighted by molar-refractivity contribution is 1.74. The normalized spacial score (nSPS) is 11.0. The number of benzene rings is 2. The van der Waals surface area contributed by atoms with Gasteiger partial charge in [0.15, 0.2) is 0 Å². The highest BCUT2D eigenvalue weighted by Crippen LogP contribution is 2.44. The first-order chi connectivity index (χ1) is 7.04. The zero-order valence-corrected chi connectivity index (χ0v) is 10.9. The molecule has 15 heavy (non-hydrogen) atoms. The van der Waals surface area contributed by atoms with Crippen LogP contribution in [0.25, 0.3) is 10.8 Å². The van der Waals surface area contributed by atoms with Crippen molar-refractivity contribution in [1.82, 2.24) is 0 Å². The van der Waals surface area contributed by atoms with Gasteiger partial charge in [-0.15, -0.1) is 0 Å². The van der Waals surface area contributed by atoms with Crippen molar-refractivity contribution >= 4 is 68.8 Å². The van der Waals surface area contributed by atoms with Crippen LogP contribution in [0.3, 0.4) is 0 Å². The highest BCUT2D eigenvalue weighted by atomic mass is 35.5. The molecule has 0 aliphatic carbocycles. The Balaban J connectivity index is 3.08. The topological polar surface area (TPSA) is 0 Å². The summed E-state index contributed by atoms with van der Waals surface area (Å²) in [6.07, 6.45) is 0. The van der Waals surface area contributed by atoms with E-state index in [0.29, 0.717) is 25.8 Å². The van der Waals surface area contributed by atoms with Gasteiger partial charge in [0.1, 0.15) is 0 Å². The highest BCUT2D eigenvalue weighted by molar-refractivity contribution is 6.56. The molecule has 0 spiro atoms. The molecular formula is C10H3Cl5.